The van der Waals surface area contributed by atoms with Crippen LogP contribution in [0.4, 0.5) is 0 Å². The Morgan fingerprint density at radius 3 is 2.49 bits per heavy atom. The first-order valence-corrected chi connectivity index (χ1v) is 12.9. The molecule has 2 aliphatic rings. The van der Waals surface area contributed by atoms with Crippen LogP contribution in [0.3, 0.4) is 0 Å². The number of ether oxygens (including phenoxy) is 1. The fraction of sp³-hybridized carbons (Fsp3) is 0.259. The van der Waals surface area contributed by atoms with Gasteiger partial charge in [-0.05, 0) is 48.7 Å². The largest absolute Gasteiger partial charge is 0.467 e. The number of benzene rings is 3. The van der Waals surface area contributed by atoms with Crippen LogP contribution in [0.15, 0.2) is 77.7 Å². The molecule has 0 saturated heterocycles. The molecule has 0 atom stereocenters. The van der Waals surface area contributed by atoms with Crippen LogP contribution in [-0.2, 0) is 16.7 Å². The lowest BCUT2D eigenvalue weighted by molar-refractivity contribution is -0.103. The second-order valence-electron chi connectivity index (χ2n) is 8.82. The van der Waals surface area contributed by atoms with Crippen LogP contribution in [0.5, 0.6) is 11.5 Å². The van der Waals surface area contributed by atoms with Crippen molar-refractivity contribution >= 4 is 16.0 Å². The number of hydrogen-bond donors (Lipinski definition) is 0. The minimum Gasteiger partial charge on any atom is -0.467 e. The molecule has 1 saturated carbocycles. The van der Waals surface area contributed by atoms with Crippen molar-refractivity contribution in [2.24, 2.45) is 0 Å². The summed E-state index contributed by atoms with van der Waals surface area (Å²) in [6, 6.07) is 21.8. The molecular weight excluding hydrogens is 464 g/mol. The zero-order chi connectivity index (χ0) is 24.5. The molecule has 178 valence electrons. The second-order valence-corrected chi connectivity index (χ2v) is 10.4. The Morgan fingerprint density at radius 1 is 0.971 bits per heavy atom. The standard InChI is InChI=1S/C27H24N2O5S/c28-18-21-10-7-11-23(16-21)35(31,32)34-22-12-13-24-25(17-22)33-27(14-5-2-6-15-27)29(26(24)30)19-20-8-3-1-4-9-20/h1,3-4,7-13,16-17H,2,5-6,14-15,19H2. The number of rotatable bonds is 5. The Hall–Kier alpha value is -3.83. The van der Waals surface area contributed by atoms with Gasteiger partial charge in [0.1, 0.15) is 16.4 Å². The third-order valence-electron chi connectivity index (χ3n) is 6.50. The summed E-state index contributed by atoms with van der Waals surface area (Å²) < 4.78 is 37.5. The van der Waals surface area contributed by atoms with E-state index in [1.165, 1.54) is 36.4 Å². The van der Waals surface area contributed by atoms with Crippen LogP contribution in [-0.4, -0.2) is 24.9 Å². The molecule has 3 aromatic rings. The smallest absolute Gasteiger partial charge is 0.339 e. The van der Waals surface area contributed by atoms with E-state index in [0.717, 1.165) is 24.8 Å². The first-order chi connectivity index (χ1) is 16.9. The van der Waals surface area contributed by atoms with Crippen LogP contribution >= 0.6 is 0 Å². The van der Waals surface area contributed by atoms with Crippen molar-refractivity contribution in [2.45, 2.75) is 49.3 Å². The van der Waals surface area contributed by atoms with Gasteiger partial charge in [-0.3, -0.25) is 9.69 Å². The summed E-state index contributed by atoms with van der Waals surface area (Å²) in [4.78, 5) is 15.3. The van der Waals surface area contributed by atoms with Gasteiger partial charge >= 0.3 is 10.1 Å². The number of carbonyl (C=O) groups is 1. The lowest BCUT2D eigenvalue weighted by atomic mass is 9.87. The zero-order valence-corrected chi connectivity index (χ0v) is 19.8. The molecule has 3 aromatic carbocycles. The summed E-state index contributed by atoms with van der Waals surface area (Å²) >= 11 is 0. The van der Waals surface area contributed by atoms with Crippen molar-refractivity contribution < 1.29 is 22.1 Å². The maximum Gasteiger partial charge on any atom is 0.339 e. The highest BCUT2D eigenvalue weighted by Gasteiger charge is 2.47. The molecule has 0 unspecified atom stereocenters. The van der Waals surface area contributed by atoms with Crippen molar-refractivity contribution in [3.8, 4) is 17.6 Å². The highest BCUT2D eigenvalue weighted by Crippen LogP contribution is 2.44. The summed E-state index contributed by atoms with van der Waals surface area (Å²) in [5.74, 6) is 0.217. The molecule has 1 spiro atoms. The van der Waals surface area contributed by atoms with E-state index in [-0.39, 0.29) is 22.1 Å². The molecule has 7 nitrogen and oxygen atoms in total. The quantitative estimate of drug-likeness (QED) is 0.468. The average Bonchev–Trinajstić information content (AvgIpc) is 2.87. The van der Waals surface area contributed by atoms with Crippen LogP contribution in [0.1, 0.15) is 53.6 Å². The first kappa shape index (κ1) is 22.9. The van der Waals surface area contributed by atoms with Gasteiger partial charge in [0, 0.05) is 25.5 Å². The number of fused-ring (bicyclic) bond motifs is 1. The molecule has 0 bridgehead atoms. The minimum absolute atomic E-state index is 0.0429. The first-order valence-electron chi connectivity index (χ1n) is 11.5. The van der Waals surface area contributed by atoms with E-state index in [4.69, 9.17) is 14.2 Å². The topological polar surface area (TPSA) is 96.7 Å². The van der Waals surface area contributed by atoms with Gasteiger partial charge in [-0.1, -0.05) is 42.8 Å². The lowest BCUT2D eigenvalue weighted by Crippen LogP contribution is -2.59. The highest BCUT2D eigenvalue weighted by molar-refractivity contribution is 7.87. The van der Waals surface area contributed by atoms with Gasteiger partial charge in [0.25, 0.3) is 5.91 Å². The van der Waals surface area contributed by atoms with Crippen molar-refractivity contribution in [1.82, 2.24) is 4.90 Å². The predicted octanol–water partition coefficient (Wildman–Crippen LogP) is 5.02. The monoisotopic (exact) mass is 488 g/mol. The molecule has 1 heterocycles. The summed E-state index contributed by atoms with van der Waals surface area (Å²) in [5, 5.41) is 9.07. The predicted molar refractivity (Wildman–Crippen MR) is 128 cm³/mol. The molecule has 1 aliphatic heterocycles. The average molecular weight is 489 g/mol. The molecule has 1 fully saturated rings. The summed E-state index contributed by atoms with van der Waals surface area (Å²) in [6.07, 6.45) is 4.36. The SMILES string of the molecule is N#Cc1cccc(S(=O)(=O)Oc2ccc3c(c2)OC2(CCCCC2)N(Cc2ccccc2)C3=O)c1. The molecule has 8 heteroatoms. The molecule has 0 N–H and O–H groups in total. The normalized spacial score (nSPS) is 16.8. The van der Waals surface area contributed by atoms with Gasteiger partial charge in [-0.25, -0.2) is 0 Å². The Labute approximate surface area is 204 Å². The van der Waals surface area contributed by atoms with Crippen molar-refractivity contribution in [3.05, 3.63) is 89.5 Å². The van der Waals surface area contributed by atoms with E-state index < -0.39 is 15.8 Å². The highest BCUT2D eigenvalue weighted by atomic mass is 32.2. The van der Waals surface area contributed by atoms with Gasteiger partial charge in [0.2, 0.25) is 0 Å². The Kier molecular flexibility index (Phi) is 5.95. The number of amides is 1. The van der Waals surface area contributed by atoms with E-state index in [9.17, 15) is 13.2 Å². The van der Waals surface area contributed by atoms with Gasteiger partial charge in [0.15, 0.2) is 5.72 Å². The Bertz CT molecular complexity index is 1410. The van der Waals surface area contributed by atoms with Gasteiger partial charge < -0.3 is 8.92 Å². The fourth-order valence-corrected chi connectivity index (χ4v) is 5.73. The van der Waals surface area contributed by atoms with E-state index in [2.05, 4.69) is 0 Å². The number of carbonyl (C=O) groups excluding carboxylic acids is 1. The lowest BCUT2D eigenvalue weighted by Gasteiger charge is -2.49. The summed E-state index contributed by atoms with van der Waals surface area (Å²) in [6.45, 7) is 0.432. The van der Waals surface area contributed by atoms with Crippen LogP contribution in [0, 0.1) is 11.3 Å². The molecule has 1 amide bonds. The molecular formula is C27H24N2O5S. The summed E-state index contributed by atoms with van der Waals surface area (Å²) in [5.41, 5.74) is 0.820. The van der Waals surface area contributed by atoms with Gasteiger partial charge in [-0.15, -0.1) is 0 Å². The molecule has 5 rings (SSSR count). The van der Waals surface area contributed by atoms with Crippen molar-refractivity contribution in [3.63, 3.8) is 0 Å². The van der Waals surface area contributed by atoms with E-state index in [1.54, 1.807) is 6.07 Å². The number of hydrogen-bond acceptors (Lipinski definition) is 6. The van der Waals surface area contributed by atoms with Gasteiger partial charge in [-0.2, -0.15) is 13.7 Å². The Balaban J connectivity index is 1.47. The minimum atomic E-state index is -4.17. The third kappa shape index (κ3) is 4.47. The summed E-state index contributed by atoms with van der Waals surface area (Å²) in [7, 11) is -4.17. The van der Waals surface area contributed by atoms with Gasteiger partial charge in [0.05, 0.1) is 17.2 Å². The maximum absolute atomic E-state index is 13.6. The maximum atomic E-state index is 13.6. The fourth-order valence-electron chi connectivity index (χ4n) is 4.76. The van der Waals surface area contributed by atoms with E-state index >= 15 is 0 Å². The number of nitrogens with zero attached hydrogens (tertiary/aromatic N) is 2. The van der Waals surface area contributed by atoms with Crippen molar-refractivity contribution in [2.75, 3.05) is 0 Å². The second kappa shape index (κ2) is 9.08. The molecule has 0 radical (unpaired) electrons. The van der Waals surface area contributed by atoms with Crippen molar-refractivity contribution in [1.29, 1.82) is 5.26 Å². The number of nitriles is 1. The molecule has 35 heavy (non-hydrogen) atoms. The molecule has 0 aromatic heterocycles. The van der Waals surface area contributed by atoms with Crippen LogP contribution < -0.4 is 8.92 Å². The van der Waals surface area contributed by atoms with Crippen LogP contribution in [0.2, 0.25) is 0 Å². The zero-order valence-electron chi connectivity index (χ0n) is 19.0. The third-order valence-corrected chi connectivity index (χ3v) is 7.74. The Morgan fingerprint density at radius 2 is 1.74 bits per heavy atom. The van der Waals surface area contributed by atoms with E-state index in [0.29, 0.717) is 30.7 Å². The molecule has 1 aliphatic carbocycles. The van der Waals surface area contributed by atoms with Crippen LogP contribution in [0.25, 0.3) is 0 Å². The van der Waals surface area contributed by atoms with E-state index in [1.807, 2.05) is 41.3 Å².